The van der Waals surface area contributed by atoms with Gasteiger partial charge >= 0.3 is 0 Å². The van der Waals surface area contributed by atoms with Crippen LogP contribution in [0.15, 0.2) is 23.2 Å². The summed E-state index contributed by atoms with van der Waals surface area (Å²) in [6, 6.07) is 4.72. The molecule has 0 bridgehead atoms. The number of hydrogen-bond acceptors (Lipinski definition) is 4. The molecule has 1 aromatic carbocycles. The molecule has 1 heterocycles. The van der Waals surface area contributed by atoms with Crippen molar-refractivity contribution >= 4 is 22.6 Å². The van der Waals surface area contributed by atoms with Gasteiger partial charge in [-0.3, -0.25) is 4.99 Å². The number of nitrogens with zero attached hydrogens (tertiary/aromatic N) is 1. The van der Waals surface area contributed by atoms with Crippen LogP contribution in [0.3, 0.4) is 0 Å². The summed E-state index contributed by atoms with van der Waals surface area (Å²) in [4.78, 5) is 4.60. The van der Waals surface area contributed by atoms with Gasteiger partial charge in [-0.05, 0) is 44.4 Å². The molecule has 3 rings (SSSR count). The second-order valence-electron chi connectivity index (χ2n) is 6.49. The summed E-state index contributed by atoms with van der Waals surface area (Å²) < 4.78 is 14.4. The van der Waals surface area contributed by atoms with Crippen molar-refractivity contribution < 1.29 is 4.39 Å². The Kier molecular flexibility index (Phi) is 3.64. The number of rotatable bonds is 1. The SMILES string of the molecule is CC1(c2cc(N)ccc2F)CC2(CCCCC2)SC(N)=N1. The van der Waals surface area contributed by atoms with E-state index in [-0.39, 0.29) is 10.6 Å². The number of benzene rings is 1. The molecule has 1 saturated carbocycles. The van der Waals surface area contributed by atoms with E-state index in [4.69, 9.17) is 11.5 Å². The number of nitrogen functional groups attached to an aromatic ring is 1. The highest BCUT2D eigenvalue weighted by Gasteiger charge is 2.46. The largest absolute Gasteiger partial charge is 0.399 e. The van der Waals surface area contributed by atoms with E-state index in [1.165, 1.54) is 25.3 Å². The molecule has 1 fully saturated rings. The second-order valence-corrected chi connectivity index (χ2v) is 7.97. The quantitative estimate of drug-likeness (QED) is 0.776. The van der Waals surface area contributed by atoms with Gasteiger partial charge in [0.2, 0.25) is 0 Å². The molecule has 5 heteroatoms. The predicted molar refractivity (Wildman–Crippen MR) is 87.8 cm³/mol. The molecular formula is C16H22FN3S. The van der Waals surface area contributed by atoms with Crippen molar-refractivity contribution in [2.24, 2.45) is 10.7 Å². The minimum absolute atomic E-state index is 0.107. The van der Waals surface area contributed by atoms with Crippen LogP contribution < -0.4 is 11.5 Å². The number of anilines is 1. The van der Waals surface area contributed by atoms with E-state index in [1.54, 1.807) is 23.9 Å². The van der Waals surface area contributed by atoms with Gasteiger partial charge in [-0.25, -0.2) is 4.39 Å². The summed E-state index contributed by atoms with van der Waals surface area (Å²) in [6.07, 6.45) is 6.81. The molecule has 1 atom stereocenters. The highest BCUT2D eigenvalue weighted by atomic mass is 32.2. The van der Waals surface area contributed by atoms with E-state index in [9.17, 15) is 4.39 Å². The van der Waals surface area contributed by atoms with Crippen molar-refractivity contribution in [3.8, 4) is 0 Å². The summed E-state index contributed by atoms with van der Waals surface area (Å²) in [6.45, 7) is 1.98. The lowest BCUT2D eigenvalue weighted by atomic mass is 9.76. The van der Waals surface area contributed by atoms with Crippen LogP contribution in [0.2, 0.25) is 0 Å². The van der Waals surface area contributed by atoms with Crippen LogP contribution in [0, 0.1) is 5.82 Å². The monoisotopic (exact) mass is 307 g/mol. The highest BCUT2D eigenvalue weighted by molar-refractivity contribution is 8.15. The van der Waals surface area contributed by atoms with Crippen molar-refractivity contribution in [1.82, 2.24) is 0 Å². The molecule has 1 spiro atoms. The van der Waals surface area contributed by atoms with Crippen LogP contribution in [0.5, 0.6) is 0 Å². The summed E-state index contributed by atoms with van der Waals surface area (Å²) in [5, 5.41) is 0.576. The number of aliphatic imine (C=N–C) groups is 1. The first-order valence-electron chi connectivity index (χ1n) is 7.52. The molecule has 21 heavy (non-hydrogen) atoms. The van der Waals surface area contributed by atoms with Gasteiger partial charge in [0.15, 0.2) is 5.17 Å². The van der Waals surface area contributed by atoms with Gasteiger partial charge in [0, 0.05) is 16.0 Å². The van der Waals surface area contributed by atoms with Crippen LogP contribution >= 0.6 is 11.8 Å². The topological polar surface area (TPSA) is 64.4 Å². The van der Waals surface area contributed by atoms with E-state index in [0.29, 0.717) is 16.4 Å². The smallest absolute Gasteiger partial charge is 0.155 e. The average Bonchev–Trinajstić information content (AvgIpc) is 2.41. The molecule has 1 unspecified atom stereocenters. The fourth-order valence-corrected chi connectivity index (χ4v) is 5.31. The Bertz CT molecular complexity index is 581. The number of nitrogens with two attached hydrogens (primary N) is 2. The molecule has 2 aliphatic rings. The van der Waals surface area contributed by atoms with Crippen LogP contribution in [0.4, 0.5) is 10.1 Å². The van der Waals surface area contributed by atoms with Crippen LogP contribution in [0.1, 0.15) is 51.0 Å². The Morgan fingerprint density at radius 2 is 1.90 bits per heavy atom. The number of amidine groups is 1. The van der Waals surface area contributed by atoms with Gasteiger partial charge in [-0.1, -0.05) is 31.0 Å². The Labute approximate surface area is 129 Å². The van der Waals surface area contributed by atoms with Gasteiger partial charge < -0.3 is 11.5 Å². The Morgan fingerprint density at radius 3 is 2.62 bits per heavy atom. The maximum Gasteiger partial charge on any atom is 0.155 e. The molecule has 1 aliphatic heterocycles. The summed E-state index contributed by atoms with van der Waals surface area (Å²) in [5.41, 5.74) is 12.5. The number of hydrogen-bond donors (Lipinski definition) is 2. The summed E-state index contributed by atoms with van der Waals surface area (Å²) in [5.74, 6) is -0.249. The van der Waals surface area contributed by atoms with E-state index < -0.39 is 5.54 Å². The Balaban J connectivity index is 2.03. The molecule has 4 N–H and O–H groups in total. The second kappa shape index (κ2) is 5.20. The lowest BCUT2D eigenvalue weighted by Crippen LogP contribution is -2.43. The minimum Gasteiger partial charge on any atom is -0.399 e. The first kappa shape index (κ1) is 14.7. The van der Waals surface area contributed by atoms with Gasteiger partial charge in [0.05, 0.1) is 5.54 Å². The Morgan fingerprint density at radius 1 is 1.19 bits per heavy atom. The van der Waals surface area contributed by atoms with E-state index in [1.807, 2.05) is 6.92 Å². The zero-order chi connectivity index (χ0) is 15.1. The van der Waals surface area contributed by atoms with Crippen molar-refractivity contribution in [2.75, 3.05) is 5.73 Å². The van der Waals surface area contributed by atoms with Gasteiger partial charge in [-0.2, -0.15) is 0 Å². The van der Waals surface area contributed by atoms with Crippen LogP contribution in [-0.4, -0.2) is 9.91 Å². The first-order chi connectivity index (χ1) is 9.92. The van der Waals surface area contributed by atoms with Gasteiger partial charge in [-0.15, -0.1) is 0 Å². The third-order valence-corrected chi connectivity index (χ3v) is 5.97. The average molecular weight is 307 g/mol. The third-order valence-electron chi connectivity index (χ3n) is 4.68. The standard InChI is InChI=1S/C16H22FN3S/c1-15(12-9-11(18)5-6-13(12)17)10-16(21-14(19)20-15)7-3-2-4-8-16/h5-6,9H,2-4,7-8,10,18H2,1H3,(H2,19,20). The zero-order valence-electron chi connectivity index (χ0n) is 12.4. The highest BCUT2D eigenvalue weighted by Crippen LogP contribution is 2.52. The molecule has 0 amide bonds. The van der Waals surface area contributed by atoms with Crippen molar-refractivity contribution in [2.45, 2.75) is 55.7 Å². The molecule has 1 aromatic rings. The Hall–Kier alpha value is -1.23. The maximum atomic E-state index is 14.3. The number of halogens is 1. The molecule has 0 radical (unpaired) electrons. The van der Waals surface area contributed by atoms with Crippen molar-refractivity contribution in [3.05, 3.63) is 29.6 Å². The van der Waals surface area contributed by atoms with E-state index >= 15 is 0 Å². The minimum atomic E-state index is -0.619. The lowest BCUT2D eigenvalue weighted by Gasteiger charge is -2.45. The first-order valence-corrected chi connectivity index (χ1v) is 8.34. The molecule has 0 saturated heterocycles. The number of thioether (sulfide) groups is 1. The van der Waals surface area contributed by atoms with Gasteiger partial charge in [0.25, 0.3) is 0 Å². The molecule has 1 aliphatic carbocycles. The van der Waals surface area contributed by atoms with Crippen LogP contribution in [0.25, 0.3) is 0 Å². The third kappa shape index (κ3) is 2.76. The van der Waals surface area contributed by atoms with Gasteiger partial charge in [0.1, 0.15) is 5.82 Å². The van der Waals surface area contributed by atoms with E-state index in [0.717, 1.165) is 19.3 Å². The molecule has 3 nitrogen and oxygen atoms in total. The molecular weight excluding hydrogens is 285 g/mol. The summed E-state index contributed by atoms with van der Waals surface area (Å²) >= 11 is 1.69. The maximum absolute atomic E-state index is 14.3. The zero-order valence-corrected chi connectivity index (χ0v) is 13.2. The molecule has 114 valence electrons. The fourth-order valence-electron chi connectivity index (χ4n) is 3.78. The molecule has 0 aromatic heterocycles. The van der Waals surface area contributed by atoms with Crippen LogP contribution in [-0.2, 0) is 5.54 Å². The predicted octanol–water partition coefficient (Wildman–Crippen LogP) is 3.78. The lowest BCUT2D eigenvalue weighted by molar-refractivity contribution is 0.297. The van der Waals surface area contributed by atoms with E-state index in [2.05, 4.69) is 4.99 Å². The van der Waals surface area contributed by atoms with Crippen molar-refractivity contribution in [3.63, 3.8) is 0 Å². The van der Waals surface area contributed by atoms with Crippen molar-refractivity contribution in [1.29, 1.82) is 0 Å². The summed E-state index contributed by atoms with van der Waals surface area (Å²) in [7, 11) is 0. The normalized spacial score (nSPS) is 28.4. The fraction of sp³-hybridized carbons (Fsp3) is 0.562.